The maximum atomic E-state index is 11.6. The second-order valence-electron chi connectivity index (χ2n) is 4.92. The average Bonchev–Trinajstić information content (AvgIpc) is 2.55. The summed E-state index contributed by atoms with van der Waals surface area (Å²) in [7, 11) is 0. The Morgan fingerprint density at radius 3 is 2.41 bits per heavy atom. The number of rotatable bonds is 7. The van der Waals surface area contributed by atoms with Crippen LogP contribution in [0.1, 0.15) is 19.4 Å². The van der Waals surface area contributed by atoms with Crippen molar-refractivity contribution in [1.29, 1.82) is 0 Å². The Kier molecular flexibility index (Phi) is 5.83. The van der Waals surface area contributed by atoms with Gasteiger partial charge in [-0.15, -0.1) is 0 Å². The Morgan fingerprint density at radius 1 is 1.09 bits per heavy atom. The Hall–Kier alpha value is -2.49. The standard InChI is InChI=1S/C18H21NO3/c1-3-21-18(20)14(2)19-16-9-11-17(12-10-16)22-13-15-7-5-4-6-8-15/h4-12,14,19H,3,13H2,1-2H3/t14-/m0/s1. The van der Waals surface area contributed by atoms with E-state index in [0.29, 0.717) is 13.2 Å². The fourth-order valence-corrected chi connectivity index (χ4v) is 1.96. The molecule has 0 amide bonds. The van der Waals surface area contributed by atoms with Crippen LogP contribution in [0.3, 0.4) is 0 Å². The number of carbonyl (C=O) groups is 1. The van der Waals surface area contributed by atoms with Gasteiger partial charge in [0.1, 0.15) is 18.4 Å². The second kappa shape index (κ2) is 8.08. The highest BCUT2D eigenvalue weighted by Gasteiger charge is 2.13. The molecular weight excluding hydrogens is 278 g/mol. The van der Waals surface area contributed by atoms with Crippen molar-refractivity contribution >= 4 is 11.7 Å². The van der Waals surface area contributed by atoms with Gasteiger partial charge in [0.2, 0.25) is 0 Å². The van der Waals surface area contributed by atoms with Crippen molar-refractivity contribution in [3.63, 3.8) is 0 Å². The summed E-state index contributed by atoms with van der Waals surface area (Å²) >= 11 is 0. The largest absolute Gasteiger partial charge is 0.489 e. The summed E-state index contributed by atoms with van der Waals surface area (Å²) in [5.74, 6) is 0.532. The molecule has 0 radical (unpaired) electrons. The molecule has 22 heavy (non-hydrogen) atoms. The van der Waals surface area contributed by atoms with Crippen LogP contribution in [0, 0.1) is 0 Å². The molecule has 0 bridgehead atoms. The van der Waals surface area contributed by atoms with Gasteiger partial charge in [0, 0.05) is 5.69 Å². The van der Waals surface area contributed by atoms with Crippen molar-refractivity contribution in [1.82, 2.24) is 0 Å². The van der Waals surface area contributed by atoms with Crippen molar-refractivity contribution < 1.29 is 14.3 Å². The quantitative estimate of drug-likeness (QED) is 0.793. The van der Waals surface area contributed by atoms with Crippen LogP contribution >= 0.6 is 0 Å². The lowest BCUT2D eigenvalue weighted by Gasteiger charge is -2.14. The molecule has 2 aromatic carbocycles. The molecule has 2 aromatic rings. The molecule has 0 aliphatic rings. The summed E-state index contributed by atoms with van der Waals surface area (Å²) in [6.07, 6.45) is 0. The van der Waals surface area contributed by atoms with Crippen molar-refractivity contribution in [3.05, 3.63) is 60.2 Å². The number of anilines is 1. The van der Waals surface area contributed by atoms with Crippen LogP contribution in [0.15, 0.2) is 54.6 Å². The lowest BCUT2D eigenvalue weighted by Crippen LogP contribution is -2.28. The van der Waals surface area contributed by atoms with Crippen molar-refractivity contribution in [3.8, 4) is 5.75 Å². The van der Waals surface area contributed by atoms with Crippen LogP contribution in [0.2, 0.25) is 0 Å². The van der Waals surface area contributed by atoms with Gasteiger partial charge in [0.15, 0.2) is 0 Å². The summed E-state index contributed by atoms with van der Waals surface area (Å²) < 4.78 is 10.7. The van der Waals surface area contributed by atoms with E-state index < -0.39 is 0 Å². The van der Waals surface area contributed by atoms with Crippen LogP contribution in [0.5, 0.6) is 5.75 Å². The van der Waals surface area contributed by atoms with E-state index >= 15 is 0 Å². The highest BCUT2D eigenvalue weighted by Crippen LogP contribution is 2.17. The molecule has 0 heterocycles. The highest BCUT2D eigenvalue weighted by atomic mass is 16.5. The predicted octanol–water partition coefficient (Wildman–Crippen LogP) is 3.63. The van der Waals surface area contributed by atoms with Gasteiger partial charge in [-0.2, -0.15) is 0 Å². The molecule has 1 N–H and O–H groups in total. The van der Waals surface area contributed by atoms with Crippen molar-refractivity contribution in [2.75, 3.05) is 11.9 Å². The highest BCUT2D eigenvalue weighted by molar-refractivity contribution is 5.78. The van der Waals surface area contributed by atoms with Gasteiger partial charge in [-0.05, 0) is 43.7 Å². The fraction of sp³-hybridized carbons (Fsp3) is 0.278. The van der Waals surface area contributed by atoms with Gasteiger partial charge in [-0.3, -0.25) is 0 Å². The summed E-state index contributed by atoms with van der Waals surface area (Å²) in [6.45, 7) is 4.49. The Bertz CT molecular complexity index is 581. The zero-order valence-corrected chi connectivity index (χ0v) is 12.9. The average molecular weight is 299 g/mol. The minimum absolute atomic E-state index is 0.257. The third-order valence-electron chi connectivity index (χ3n) is 3.13. The fourth-order valence-electron chi connectivity index (χ4n) is 1.96. The molecule has 116 valence electrons. The third-order valence-corrected chi connectivity index (χ3v) is 3.13. The molecule has 0 aliphatic heterocycles. The molecule has 4 nitrogen and oxygen atoms in total. The first kappa shape index (κ1) is 15.9. The number of nitrogens with one attached hydrogen (secondary N) is 1. The smallest absolute Gasteiger partial charge is 0.328 e. The normalized spacial score (nSPS) is 11.5. The van der Waals surface area contributed by atoms with Crippen LogP contribution in [0.4, 0.5) is 5.69 Å². The minimum Gasteiger partial charge on any atom is -0.489 e. The summed E-state index contributed by atoms with van der Waals surface area (Å²) in [4.78, 5) is 11.6. The second-order valence-corrected chi connectivity index (χ2v) is 4.92. The number of esters is 1. The topological polar surface area (TPSA) is 47.6 Å². The molecule has 1 atom stereocenters. The predicted molar refractivity (Wildman–Crippen MR) is 86.9 cm³/mol. The van der Waals surface area contributed by atoms with E-state index in [1.807, 2.05) is 54.6 Å². The number of hydrogen-bond donors (Lipinski definition) is 1. The summed E-state index contributed by atoms with van der Waals surface area (Å²) in [5.41, 5.74) is 1.98. The molecule has 0 aromatic heterocycles. The molecule has 2 rings (SSSR count). The lowest BCUT2D eigenvalue weighted by molar-refractivity contribution is -0.143. The molecule has 0 saturated heterocycles. The minimum atomic E-state index is -0.379. The SMILES string of the molecule is CCOC(=O)[C@H](C)Nc1ccc(OCc2ccccc2)cc1. The first-order chi connectivity index (χ1) is 10.7. The number of ether oxygens (including phenoxy) is 2. The van der Waals surface area contributed by atoms with Gasteiger partial charge in [0.25, 0.3) is 0 Å². The number of carbonyl (C=O) groups excluding carboxylic acids is 1. The Labute approximate surface area is 131 Å². The first-order valence-electron chi connectivity index (χ1n) is 7.39. The van der Waals surface area contributed by atoms with Gasteiger partial charge in [0.05, 0.1) is 6.61 Å². The van der Waals surface area contributed by atoms with E-state index in [-0.39, 0.29) is 12.0 Å². The number of hydrogen-bond acceptors (Lipinski definition) is 4. The maximum Gasteiger partial charge on any atom is 0.328 e. The monoisotopic (exact) mass is 299 g/mol. The molecular formula is C18H21NO3. The van der Waals surface area contributed by atoms with Crippen LogP contribution in [0.25, 0.3) is 0 Å². The molecule has 0 spiro atoms. The van der Waals surface area contributed by atoms with Crippen LogP contribution in [-0.4, -0.2) is 18.6 Å². The zero-order valence-electron chi connectivity index (χ0n) is 12.9. The van der Waals surface area contributed by atoms with Gasteiger partial charge < -0.3 is 14.8 Å². The molecule has 0 saturated carbocycles. The first-order valence-corrected chi connectivity index (χ1v) is 7.39. The zero-order chi connectivity index (χ0) is 15.8. The molecule has 4 heteroatoms. The van der Waals surface area contributed by atoms with Crippen molar-refractivity contribution in [2.24, 2.45) is 0 Å². The van der Waals surface area contributed by atoms with Crippen LogP contribution < -0.4 is 10.1 Å². The summed E-state index contributed by atoms with van der Waals surface area (Å²) in [5, 5.41) is 3.10. The van der Waals surface area contributed by atoms with E-state index in [4.69, 9.17) is 9.47 Å². The van der Waals surface area contributed by atoms with E-state index in [9.17, 15) is 4.79 Å². The number of benzene rings is 2. The molecule has 0 unspecified atom stereocenters. The van der Waals surface area contributed by atoms with Gasteiger partial charge >= 0.3 is 5.97 Å². The van der Waals surface area contributed by atoms with Crippen LogP contribution in [-0.2, 0) is 16.1 Å². The van der Waals surface area contributed by atoms with Gasteiger partial charge in [-0.1, -0.05) is 30.3 Å². The van der Waals surface area contributed by atoms with E-state index in [1.165, 1.54) is 0 Å². The summed E-state index contributed by atoms with van der Waals surface area (Å²) in [6, 6.07) is 17.2. The Balaban J connectivity index is 1.86. The molecule has 0 aliphatic carbocycles. The molecule has 0 fully saturated rings. The lowest BCUT2D eigenvalue weighted by atomic mass is 10.2. The maximum absolute atomic E-state index is 11.6. The third kappa shape index (κ3) is 4.81. The van der Waals surface area contributed by atoms with E-state index in [0.717, 1.165) is 17.0 Å². The van der Waals surface area contributed by atoms with E-state index in [1.54, 1.807) is 13.8 Å². The van der Waals surface area contributed by atoms with Crippen molar-refractivity contribution in [2.45, 2.75) is 26.5 Å². The van der Waals surface area contributed by atoms with E-state index in [2.05, 4.69) is 5.32 Å². The Morgan fingerprint density at radius 2 is 1.77 bits per heavy atom. The van der Waals surface area contributed by atoms with Gasteiger partial charge in [-0.25, -0.2) is 4.79 Å².